The summed E-state index contributed by atoms with van der Waals surface area (Å²) >= 11 is 0. The van der Waals surface area contributed by atoms with Crippen LogP contribution in [0.2, 0.25) is 0 Å². The highest BCUT2D eigenvalue weighted by Gasteiger charge is 2.11. The van der Waals surface area contributed by atoms with Crippen LogP contribution in [0.15, 0.2) is 24.3 Å². The number of alkyl halides is 2. The SMILES string of the molecule is NCC(CCO)c1ccc(C(F)F)cc1. The summed E-state index contributed by atoms with van der Waals surface area (Å²) in [6, 6.07) is 6.10. The Morgan fingerprint density at radius 1 is 1.13 bits per heavy atom. The molecule has 0 aromatic heterocycles. The van der Waals surface area contributed by atoms with Crippen LogP contribution in [0.4, 0.5) is 8.78 Å². The summed E-state index contributed by atoms with van der Waals surface area (Å²) in [5, 5.41) is 8.80. The molecule has 0 amide bonds. The van der Waals surface area contributed by atoms with Crippen LogP contribution in [-0.2, 0) is 0 Å². The van der Waals surface area contributed by atoms with Crippen LogP contribution in [-0.4, -0.2) is 18.3 Å². The number of aliphatic hydroxyl groups is 1. The third-order valence-electron chi connectivity index (χ3n) is 2.42. The van der Waals surface area contributed by atoms with Gasteiger partial charge in [-0.25, -0.2) is 8.78 Å². The van der Waals surface area contributed by atoms with Crippen molar-refractivity contribution in [1.82, 2.24) is 0 Å². The Hall–Kier alpha value is -1.00. The normalized spacial score (nSPS) is 13.1. The van der Waals surface area contributed by atoms with Crippen molar-refractivity contribution in [2.24, 2.45) is 5.73 Å². The maximum absolute atomic E-state index is 12.3. The number of nitrogens with two attached hydrogens (primary N) is 1. The van der Waals surface area contributed by atoms with Gasteiger partial charge < -0.3 is 10.8 Å². The van der Waals surface area contributed by atoms with E-state index in [1.807, 2.05) is 0 Å². The van der Waals surface area contributed by atoms with Gasteiger partial charge in [-0.05, 0) is 24.4 Å². The van der Waals surface area contributed by atoms with Crippen molar-refractivity contribution in [3.8, 4) is 0 Å². The van der Waals surface area contributed by atoms with E-state index in [0.717, 1.165) is 5.56 Å². The molecule has 0 bridgehead atoms. The molecule has 15 heavy (non-hydrogen) atoms. The molecule has 4 heteroatoms. The molecule has 0 aliphatic heterocycles. The lowest BCUT2D eigenvalue weighted by molar-refractivity contribution is 0.151. The van der Waals surface area contributed by atoms with Crippen LogP contribution < -0.4 is 5.73 Å². The van der Waals surface area contributed by atoms with E-state index >= 15 is 0 Å². The van der Waals surface area contributed by atoms with Gasteiger partial charge in [0.25, 0.3) is 6.43 Å². The van der Waals surface area contributed by atoms with E-state index in [1.54, 1.807) is 12.1 Å². The molecular weight excluding hydrogens is 200 g/mol. The molecule has 0 aliphatic carbocycles. The van der Waals surface area contributed by atoms with Crippen molar-refractivity contribution >= 4 is 0 Å². The van der Waals surface area contributed by atoms with Gasteiger partial charge in [0.1, 0.15) is 0 Å². The molecule has 1 aromatic rings. The molecule has 0 heterocycles. The van der Waals surface area contributed by atoms with Crippen LogP contribution in [0.5, 0.6) is 0 Å². The fraction of sp³-hybridized carbons (Fsp3) is 0.455. The quantitative estimate of drug-likeness (QED) is 0.789. The Kier molecular flexibility index (Phi) is 4.65. The number of aliphatic hydroxyl groups excluding tert-OH is 1. The lowest BCUT2D eigenvalue weighted by atomic mass is 9.95. The Bertz CT molecular complexity index is 287. The summed E-state index contributed by atoms with van der Waals surface area (Å²) in [6.45, 7) is 0.465. The molecule has 2 nitrogen and oxygen atoms in total. The summed E-state index contributed by atoms with van der Waals surface area (Å²) < 4.78 is 24.5. The summed E-state index contributed by atoms with van der Waals surface area (Å²) in [4.78, 5) is 0. The minimum absolute atomic E-state index is 0.0125. The topological polar surface area (TPSA) is 46.2 Å². The lowest BCUT2D eigenvalue weighted by Crippen LogP contribution is -2.13. The summed E-state index contributed by atoms with van der Waals surface area (Å²) in [5.74, 6) is 0.0433. The van der Waals surface area contributed by atoms with E-state index < -0.39 is 6.43 Å². The molecule has 1 atom stereocenters. The van der Waals surface area contributed by atoms with E-state index in [1.165, 1.54) is 12.1 Å². The molecule has 0 fully saturated rings. The van der Waals surface area contributed by atoms with Gasteiger partial charge in [0.05, 0.1) is 0 Å². The number of hydrogen-bond donors (Lipinski definition) is 2. The second-order valence-electron chi connectivity index (χ2n) is 3.41. The fourth-order valence-corrected chi connectivity index (χ4v) is 1.49. The molecule has 1 rings (SSSR count). The van der Waals surface area contributed by atoms with E-state index in [0.29, 0.717) is 13.0 Å². The molecule has 0 radical (unpaired) electrons. The highest BCUT2D eigenvalue weighted by Crippen LogP contribution is 2.23. The fourth-order valence-electron chi connectivity index (χ4n) is 1.49. The maximum atomic E-state index is 12.3. The van der Waals surface area contributed by atoms with Gasteiger partial charge in [-0.3, -0.25) is 0 Å². The van der Waals surface area contributed by atoms with Gasteiger partial charge >= 0.3 is 0 Å². The zero-order chi connectivity index (χ0) is 11.3. The van der Waals surface area contributed by atoms with Crippen LogP contribution in [0.3, 0.4) is 0 Å². The minimum Gasteiger partial charge on any atom is -0.396 e. The molecular formula is C11H15F2NO. The lowest BCUT2D eigenvalue weighted by Gasteiger charge is -2.14. The van der Waals surface area contributed by atoms with Gasteiger partial charge in [0.2, 0.25) is 0 Å². The molecule has 0 aliphatic rings. The van der Waals surface area contributed by atoms with Crippen molar-refractivity contribution in [3.63, 3.8) is 0 Å². The standard InChI is InChI=1S/C11H15F2NO/c12-11(13)9-3-1-8(2-4-9)10(7-14)5-6-15/h1-4,10-11,15H,5-7,14H2. The van der Waals surface area contributed by atoms with Gasteiger partial charge in [0, 0.05) is 12.2 Å². The average molecular weight is 215 g/mol. The molecule has 0 saturated carbocycles. The summed E-state index contributed by atoms with van der Waals surface area (Å²) in [7, 11) is 0. The Morgan fingerprint density at radius 2 is 1.67 bits per heavy atom. The van der Waals surface area contributed by atoms with Gasteiger partial charge in [0.15, 0.2) is 0 Å². The second-order valence-corrected chi connectivity index (χ2v) is 3.41. The first-order valence-corrected chi connectivity index (χ1v) is 4.88. The number of hydrogen-bond acceptors (Lipinski definition) is 2. The summed E-state index contributed by atoms with van der Waals surface area (Å²) in [5.41, 5.74) is 6.44. The zero-order valence-corrected chi connectivity index (χ0v) is 8.37. The van der Waals surface area contributed by atoms with E-state index in [9.17, 15) is 8.78 Å². The van der Waals surface area contributed by atoms with E-state index in [2.05, 4.69) is 0 Å². The predicted molar refractivity (Wildman–Crippen MR) is 54.9 cm³/mol. The third kappa shape index (κ3) is 3.25. The predicted octanol–water partition coefficient (Wildman–Crippen LogP) is 2.05. The summed E-state index contributed by atoms with van der Waals surface area (Å²) in [6.07, 6.45) is -1.88. The molecule has 0 spiro atoms. The molecule has 3 N–H and O–H groups in total. The van der Waals surface area contributed by atoms with Crippen LogP contribution >= 0.6 is 0 Å². The van der Waals surface area contributed by atoms with Crippen LogP contribution in [0.1, 0.15) is 29.9 Å². The van der Waals surface area contributed by atoms with Gasteiger partial charge in [-0.2, -0.15) is 0 Å². The van der Waals surface area contributed by atoms with Crippen molar-refractivity contribution < 1.29 is 13.9 Å². The number of benzene rings is 1. The monoisotopic (exact) mass is 215 g/mol. The van der Waals surface area contributed by atoms with Gasteiger partial charge in [-0.1, -0.05) is 24.3 Å². The van der Waals surface area contributed by atoms with E-state index in [-0.39, 0.29) is 18.1 Å². The largest absolute Gasteiger partial charge is 0.396 e. The zero-order valence-electron chi connectivity index (χ0n) is 8.37. The number of halogens is 2. The molecule has 0 saturated heterocycles. The first-order valence-electron chi connectivity index (χ1n) is 4.88. The highest BCUT2D eigenvalue weighted by molar-refractivity contribution is 5.26. The first-order chi connectivity index (χ1) is 7.19. The number of rotatable bonds is 5. The van der Waals surface area contributed by atoms with Crippen molar-refractivity contribution in [3.05, 3.63) is 35.4 Å². The molecule has 84 valence electrons. The van der Waals surface area contributed by atoms with Crippen molar-refractivity contribution in [2.45, 2.75) is 18.8 Å². The van der Waals surface area contributed by atoms with E-state index in [4.69, 9.17) is 10.8 Å². The molecule has 1 unspecified atom stereocenters. The van der Waals surface area contributed by atoms with Gasteiger partial charge in [-0.15, -0.1) is 0 Å². The van der Waals surface area contributed by atoms with Crippen molar-refractivity contribution in [1.29, 1.82) is 0 Å². The van der Waals surface area contributed by atoms with Crippen LogP contribution in [0.25, 0.3) is 0 Å². The Labute approximate surface area is 87.7 Å². The first kappa shape index (κ1) is 12.1. The minimum atomic E-state index is -2.44. The Balaban J connectivity index is 2.77. The van der Waals surface area contributed by atoms with Crippen molar-refractivity contribution in [2.75, 3.05) is 13.2 Å². The Morgan fingerprint density at radius 3 is 2.07 bits per heavy atom. The van der Waals surface area contributed by atoms with Crippen LogP contribution in [0, 0.1) is 0 Å². The second kappa shape index (κ2) is 5.78. The molecule has 1 aromatic carbocycles. The third-order valence-corrected chi connectivity index (χ3v) is 2.42. The maximum Gasteiger partial charge on any atom is 0.263 e. The highest BCUT2D eigenvalue weighted by atomic mass is 19.3. The average Bonchev–Trinajstić information content (AvgIpc) is 2.26. The smallest absolute Gasteiger partial charge is 0.263 e.